The van der Waals surface area contributed by atoms with Gasteiger partial charge in [-0.3, -0.25) is 4.79 Å². The molecule has 0 heterocycles. The first-order valence-electron chi connectivity index (χ1n) is 5.17. The Labute approximate surface area is 77.6 Å². The molecule has 0 amide bonds. The summed E-state index contributed by atoms with van der Waals surface area (Å²) in [6.45, 7) is 0. The monoisotopic (exact) mass is 178 g/mol. The van der Waals surface area contributed by atoms with E-state index >= 15 is 0 Å². The van der Waals surface area contributed by atoms with Crippen LogP contribution >= 0.6 is 0 Å². The van der Waals surface area contributed by atoms with Gasteiger partial charge >= 0.3 is 5.97 Å². The van der Waals surface area contributed by atoms with Crippen molar-refractivity contribution in [2.45, 2.75) is 19.3 Å². The molecule has 0 spiro atoms. The van der Waals surface area contributed by atoms with Crippen molar-refractivity contribution in [1.82, 2.24) is 0 Å². The SMILES string of the molecule is O=C(O)C1C[C@@H]2[C@H](C1)[C@H]1C=C[C@@H]2C1. The summed E-state index contributed by atoms with van der Waals surface area (Å²) in [5, 5.41) is 8.94. The van der Waals surface area contributed by atoms with Crippen molar-refractivity contribution in [1.29, 1.82) is 0 Å². The number of hydrogen-bond donors (Lipinski definition) is 1. The van der Waals surface area contributed by atoms with Crippen LogP contribution in [0.1, 0.15) is 19.3 Å². The molecule has 1 N–H and O–H groups in total. The third kappa shape index (κ3) is 0.917. The Morgan fingerprint density at radius 3 is 2.08 bits per heavy atom. The molecule has 5 atom stereocenters. The Morgan fingerprint density at radius 2 is 1.62 bits per heavy atom. The number of carboxylic acids is 1. The fraction of sp³-hybridized carbons (Fsp3) is 0.727. The van der Waals surface area contributed by atoms with Crippen LogP contribution in [0.2, 0.25) is 0 Å². The summed E-state index contributed by atoms with van der Waals surface area (Å²) in [6, 6.07) is 0. The van der Waals surface area contributed by atoms with E-state index in [4.69, 9.17) is 5.11 Å². The second kappa shape index (κ2) is 2.37. The van der Waals surface area contributed by atoms with Crippen LogP contribution in [0.25, 0.3) is 0 Å². The minimum absolute atomic E-state index is 0.0415. The summed E-state index contributed by atoms with van der Waals surface area (Å²) >= 11 is 0. The van der Waals surface area contributed by atoms with Crippen LogP contribution in [0.5, 0.6) is 0 Å². The van der Waals surface area contributed by atoms with E-state index < -0.39 is 5.97 Å². The van der Waals surface area contributed by atoms with Crippen molar-refractivity contribution in [3.63, 3.8) is 0 Å². The molecule has 1 unspecified atom stereocenters. The third-order valence-corrected chi connectivity index (χ3v) is 4.26. The number of hydrogen-bond acceptors (Lipinski definition) is 1. The van der Waals surface area contributed by atoms with Gasteiger partial charge in [-0.1, -0.05) is 12.2 Å². The zero-order chi connectivity index (χ0) is 9.00. The maximum atomic E-state index is 10.8. The average Bonchev–Trinajstić information content (AvgIpc) is 2.76. The van der Waals surface area contributed by atoms with E-state index in [0.717, 1.165) is 24.7 Å². The zero-order valence-electron chi connectivity index (χ0n) is 7.52. The van der Waals surface area contributed by atoms with Crippen molar-refractivity contribution in [2.75, 3.05) is 0 Å². The van der Waals surface area contributed by atoms with Crippen LogP contribution in [0.3, 0.4) is 0 Å². The lowest BCUT2D eigenvalue weighted by Gasteiger charge is -2.18. The summed E-state index contributed by atoms with van der Waals surface area (Å²) in [7, 11) is 0. The molecule has 0 radical (unpaired) electrons. The van der Waals surface area contributed by atoms with Crippen molar-refractivity contribution in [3.8, 4) is 0 Å². The van der Waals surface area contributed by atoms with Gasteiger partial charge in [-0.25, -0.2) is 0 Å². The first kappa shape index (κ1) is 7.60. The summed E-state index contributed by atoms with van der Waals surface area (Å²) in [6.07, 6.45) is 7.81. The Hall–Kier alpha value is -0.790. The standard InChI is InChI=1S/C11H14O2/c12-11(13)8-4-9-6-1-2-7(3-6)10(9)5-8/h1-2,6-10H,3-5H2,(H,12,13)/t6-,7+,8?,9+,10-. The molecule has 3 rings (SSSR count). The number of allylic oxidation sites excluding steroid dienone is 2. The van der Waals surface area contributed by atoms with Gasteiger partial charge in [-0.15, -0.1) is 0 Å². The van der Waals surface area contributed by atoms with Crippen molar-refractivity contribution < 1.29 is 9.90 Å². The third-order valence-electron chi connectivity index (χ3n) is 4.26. The molecule has 0 aliphatic heterocycles. The molecule has 0 aromatic rings. The van der Waals surface area contributed by atoms with Gasteiger partial charge in [0.05, 0.1) is 5.92 Å². The highest BCUT2D eigenvalue weighted by Crippen LogP contribution is 2.56. The predicted octanol–water partition coefficient (Wildman–Crippen LogP) is 1.92. The molecule has 13 heavy (non-hydrogen) atoms. The van der Waals surface area contributed by atoms with Crippen molar-refractivity contribution >= 4 is 5.97 Å². The van der Waals surface area contributed by atoms with Crippen LogP contribution in [-0.2, 0) is 4.79 Å². The van der Waals surface area contributed by atoms with Crippen LogP contribution in [0.15, 0.2) is 12.2 Å². The highest BCUT2D eigenvalue weighted by molar-refractivity contribution is 5.70. The summed E-state index contributed by atoms with van der Waals surface area (Å²) in [5.74, 6) is 2.24. The minimum atomic E-state index is -0.575. The molecule has 2 bridgehead atoms. The number of rotatable bonds is 1. The number of carboxylic acid groups (broad SMARTS) is 1. The lowest BCUT2D eigenvalue weighted by atomic mass is 9.86. The largest absolute Gasteiger partial charge is 0.481 e. The van der Waals surface area contributed by atoms with Gasteiger partial charge < -0.3 is 5.11 Å². The lowest BCUT2D eigenvalue weighted by Crippen LogP contribution is -2.12. The Balaban J connectivity index is 1.82. The van der Waals surface area contributed by atoms with E-state index in [0.29, 0.717) is 11.8 Å². The van der Waals surface area contributed by atoms with E-state index in [1.807, 2.05) is 0 Å². The van der Waals surface area contributed by atoms with E-state index in [1.54, 1.807) is 0 Å². The number of carbonyl (C=O) groups is 1. The number of fused-ring (bicyclic) bond motifs is 5. The quantitative estimate of drug-likeness (QED) is 0.623. The summed E-state index contributed by atoms with van der Waals surface area (Å²) < 4.78 is 0. The van der Waals surface area contributed by atoms with Gasteiger partial charge in [-0.2, -0.15) is 0 Å². The second-order valence-corrected chi connectivity index (χ2v) is 4.78. The maximum absolute atomic E-state index is 10.8. The molecule has 0 saturated heterocycles. The Bertz CT molecular complexity index is 262. The highest BCUT2D eigenvalue weighted by atomic mass is 16.4. The smallest absolute Gasteiger partial charge is 0.306 e. The molecular formula is C11H14O2. The van der Waals surface area contributed by atoms with Gasteiger partial charge in [0.15, 0.2) is 0 Å². The maximum Gasteiger partial charge on any atom is 0.306 e. The Morgan fingerprint density at radius 1 is 1.08 bits per heavy atom. The van der Waals surface area contributed by atoms with E-state index in [2.05, 4.69) is 12.2 Å². The van der Waals surface area contributed by atoms with Gasteiger partial charge in [0.2, 0.25) is 0 Å². The van der Waals surface area contributed by atoms with E-state index in [1.165, 1.54) is 6.42 Å². The normalized spacial score (nSPS) is 51.2. The molecule has 2 nitrogen and oxygen atoms in total. The summed E-state index contributed by atoms with van der Waals surface area (Å²) in [5.41, 5.74) is 0. The van der Waals surface area contributed by atoms with Gasteiger partial charge in [0, 0.05) is 0 Å². The van der Waals surface area contributed by atoms with E-state index in [9.17, 15) is 4.79 Å². The van der Waals surface area contributed by atoms with Crippen LogP contribution < -0.4 is 0 Å². The molecule has 3 aliphatic rings. The minimum Gasteiger partial charge on any atom is -0.481 e. The van der Waals surface area contributed by atoms with Crippen LogP contribution in [0.4, 0.5) is 0 Å². The fourth-order valence-corrected chi connectivity index (χ4v) is 3.68. The highest BCUT2D eigenvalue weighted by Gasteiger charge is 2.50. The molecule has 0 aromatic heterocycles. The van der Waals surface area contributed by atoms with Crippen molar-refractivity contribution in [3.05, 3.63) is 12.2 Å². The molecule has 2 heteroatoms. The first-order valence-corrected chi connectivity index (χ1v) is 5.17. The molecular weight excluding hydrogens is 164 g/mol. The number of aliphatic carboxylic acids is 1. The second-order valence-electron chi connectivity index (χ2n) is 4.78. The van der Waals surface area contributed by atoms with Crippen molar-refractivity contribution in [2.24, 2.45) is 29.6 Å². The van der Waals surface area contributed by atoms with E-state index in [-0.39, 0.29) is 5.92 Å². The van der Waals surface area contributed by atoms with Crippen LogP contribution in [-0.4, -0.2) is 11.1 Å². The van der Waals surface area contributed by atoms with Gasteiger partial charge in [0.25, 0.3) is 0 Å². The lowest BCUT2D eigenvalue weighted by molar-refractivity contribution is -0.141. The van der Waals surface area contributed by atoms with Gasteiger partial charge in [-0.05, 0) is 42.9 Å². The average molecular weight is 178 g/mol. The predicted molar refractivity (Wildman–Crippen MR) is 48.1 cm³/mol. The molecule has 0 aromatic carbocycles. The zero-order valence-corrected chi connectivity index (χ0v) is 7.52. The molecule has 70 valence electrons. The topological polar surface area (TPSA) is 37.3 Å². The van der Waals surface area contributed by atoms with Crippen LogP contribution in [0, 0.1) is 29.6 Å². The van der Waals surface area contributed by atoms with Gasteiger partial charge in [0.1, 0.15) is 0 Å². The fourth-order valence-electron chi connectivity index (χ4n) is 3.68. The Kier molecular flexibility index (Phi) is 1.38. The molecule has 2 fully saturated rings. The molecule has 2 saturated carbocycles. The first-order chi connectivity index (χ1) is 6.25. The molecule has 3 aliphatic carbocycles. The summed E-state index contributed by atoms with van der Waals surface area (Å²) in [4.78, 5) is 10.8.